The van der Waals surface area contributed by atoms with Crippen molar-refractivity contribution in [3.05, 3.63) is 71.3 Å². The maximum atomic E-state index is 12.6. The fourth-order valence-corrected chi connectivity index (χ4v) is 9.13. The zero-order valence-corrected chi connectivity index (χ0v) is 44.5. The molecule has 0 fully saturated rings. The van der Waals surface area contributed by atoms with E-state index in [1.54, 1.807) is 12.1 Å². The number of aliphatic hydroxyl groups is 3. The number of benzene rings is 3. The van der Waals surface area contributed by atoms with Gasteiger partial charge in [-0.3, -0.25) is 14.4 Å². The smallest absolute Gasteiger partial charge is 0.243 e. The van der Waals surface area contributed by atoms with E-state index >= 15 is 0 Å². The highest BCUT2D eigenvalue weighted by Crippen LogP contribution is 2.34. The predicted octanol–water partition coefficient (Wildman–Crippen LogP) is 6.63. The van der Waals surface area contributed by atoms with E-state index in [2.05, 4.69) is 43.6 Å². The predicted molar refractivity (Wildman–Crippen MR) is 282 cm³/mol. The first-order chi connectivity index (χ1) is 33.3. The molecule has 15 heteroatoms. The average molecular weight is 977 g/mol. The van der Waals surface area contributed by atoms with Crippen LogP contribution in [0, 0.1) is 17.8 Å². The molecule has 15 nitrogen and oxygen atoms in total. The summed E-state index contributed by atoms with van der Waals surface area (Å²) >= 11 is 0. The molecule has 0 aromatic heterocycles. The van der Waals surface area contributed by atoms with Crippen LogP contribution in [0.15, 0.2) is 54.6 Å². The number of hydrogen-bond donors (Lipinski definition) is 7. The molecule has 0 spiro atoms. The summed E-state index contributed by atoms with van der Waals surface area (Å²) in [5.74, 6) is 2.10. The van der Waals surface area contributed by atoms with Gasteiger partial charge in [0.1, 0.15) is 35.4 Å². The first kappa shape index (κ1) is 59.1. The van der Waals surface area contributed by atoms with Gasteiger partial charge in [-0.2, -0.15) is 0 Å². The van der Waals surface area contributed by atoms with Crippen molar-refractivity contribution < 1.29 is 44.3 Å². The monoisotopic (exact) mass is 977 g/mol. The highest BCUT2D eigenvalue weighted by Gasteiger charge is 2.35. The van der Waals surface area contributed by atoms with Crippen molar-refractivity contribution in [2.75, 3.05) is 68.9 Å². The number of carbonyl (C=O) groups excluding carboxylic acids is 3. The lowest BCUT2D eigenvalue weighted by atomic mass is 9.95. The molecule has 3 heterocycles. The van der Waals surface area contributed by atoms with Crippen molar-refractivity contribution >= 4 is 34.8 Å². The number of ether oxygens (including phenoxy) is 2. The van der Waals surface area contributed by atoms with Crippen LogP contribution in [-0.2, 0) is 33.6 Å². The van der Waals surface area contributed by atoms with Crippen molar-refractivity contribution in [1.82, 2.24) is 16.0 Å². The molecule has 0 aliphatic carbocycles. The standard InChI is InChI=1S/2C18H28N2O3.C15H22N2O3.C4H10/c2*1-5-8-23-15-7-6-13-9-14(11-21)19-18(22)17(12(2)3)20(4)16(13)10-15;1-9(2)14-15(20)16-11(8-18)6-10-4-5-12(19)7-13(10)17(14)3;1-3-4-2/h2*6-7,10,12,14,17,21H,5,8-9,11H2,1-4H3,(H,19,22);4-5,7,9,11,14,18-19H,6,8H2,1-3H3,(H,16,20);3-4H2,1-2H3/t2*14-,17-;11-,14-;/m000./s1. The summed E-state index contributed by atoms with van der Waals surface area (Å²) in [6, 6.07) is 15.5. The number of hydrogen-bond acceptors (Lipinski definition) is 12. The molecule has 3 aromatic rings. The zero-order chi connectivity index (χ0) is 52.2. The van der Waals surface area contributed by atoms with Gasteiger partial charge >= 0.3 is 0 Å². The summed E-state index contributed by atoms with van der Waals surface area (Å²) in [5, 5.41) is 47.1. The summed E-state index contributed by atoms with van der Waals surface area (Å²) in [7, 11) is 5.76. The van der Waals surface area contributed by atoms with E-state index in [0.717, 1.165) is 58.1 Å². The van der Waals surface area contributed by atoms with E-state index in [-0.39, 0.29) is 97.3 Å². The minimum Gasteiger partial charge on any atom is -0.508 e. The number of rotatable bonds is 13. The van der Waals surface area contributed by atoms with Crippen molar-refractivity contribution in [3.63, 3.8) is 0 Å². The summed E-state index contributed by atoms with van der Waals surface area (Å²) in [6.07, 6.45) is 6.32. The number of anilines is 3. The maximum Gasteiger partial charge on any atom is 0.243 e. The molecule has 0 bridgehead atoms. The molecule has 3 aliphatic heterocycles. The Morgan fingerprint density at radius 3 is 1.07 bits per heavy atom. The fraction of sp³-hybridized carbons (Fsp3) is 0.618. The Morgan fingerprint density at radius 1 is 0.500 bits per heavy atom. The Hall–Kier alpha value is -5.25. The van der Waals surface area contributed by atoms with Crippen molar-refractivity contribution in [2.45, 2.75) is 150 Å². The number of aromatic hydroxyl groups is 1. The first-order valence-corrected chi connectivity index (χ1v) is 25.6. The second-order valence-corrected chi connectivity index (χ2v) is 19.8. The van der Waals surface area contributed by atoms with Gasteiger partial charge < -0.3 is 60.5 Å². The van der Waals surface area contributed by atoms with Crippen molar-refractivity contribution in [1.29, 1.82) is 0 Å². The molecule has 0 saturated carbocycles. The van der Waals surface area contributed by atoms with Gasteiger partial charge in [0.2, 0.25) is 17.7 Å². The van der Waals surface area contributed by atoms with Gasteiger partial charge in [0.05, 0.1) is 51.2 Å². The Morgan fingerprint density at radius 2 is 0.800 bits per heavy atom. The fourth-order valence-electron chi connectivity index (χ4n) is 9.13. The van der Waals surface area contributed by atoms with Crippen molar-refractivity contribution in [3.8, 4) is 17.2 Å². The van der Waals surface area contributed by atoms with E-state index in [4.69, 9.17) is 9.47 Å². The number of carbonyl (C=O) groups is 3. The van der Waals surface area contributed by atoms with Crippen LogP contribution in [0.5, 0.6) is 17.2 Å². The third kappa shape index (κ3) is 16.4. The van der Waals surface area contributed by atoms with Gasteiger partial charge in [0, 0.05) is 56.4 Å². The molecule has 7 N–H and O–H groups in total. The van der Waals surface area contributed by atoms with E-state index < -0.39 is 0 Å². The summed E-state index contributed by atoms with van der Waals surface area (Å²) in [4.78, 5) is 43.4. The second kappa shape index (κ2) is 29.2. The van der Waals surface area contributed by atoms with Crippen molar-refractivity contribution in [2.24, 2.45) is 17.8 Å². The Balaban J connectivity index is 0.000000268. The molecule has 3 amide bonds. The third-order valence-electron chi connectivity index (χ3n) is 12.8. The van der Waals surface area contributed by atoms with E-state index in [1.165, 1.54) is 12.8 Å². The Labute approximate surface area is 419 Å². The number of nitrogens with one attached hydrogen (secondary N) is 3. The van der Waals surface area contributed by atoms with Gasteiger partial charge in [0.25, 0.3) is 0 Å². The number of phenols is 1. The summed E-state index contributed by atoms with van der Waals surface area (Å²) in [5.41, 5.74) is 6.09. The third-order valence-corrected chi connectivity index (χ3v) is 12.8. The topological polar surface area (TPSA) is 196 Å². The lowest BCUT2D eigenvalue weighted by Gasteiger charge is -2.37. The summed E-state index contributed by atoms with van der Waals surface area (Å²) in [6.45, 7) is 21.8. The molecule has 3 aromatic carbocycles. The average Bonchev–Trinajstić information content (AvgIpc) is 3.31. The van der Waals surface area contributed by atoms with Gasteiger partial charge in [-0.1, -0.05) is 100 Å². The molecular formula is C55H88N6O9. The van der Waals surface area contributed by atoms with E-state index in [1.807, 2.05) is 120 Å². The number of unbranched alkanes of at least 4 members (excludes halogenated alkanes) is 1. The van der Waals surface area contributed by atoms with Crippen LogP contribution in [0.1, 0.15) is 112 Å². The van der Waals surface area contributed by atoms with E-state index in [0.29, 0.717) is 32.5 Å². The normalized spacial score (nSPS) is 21.1. The van der Waals surface area contributed by atoms with Gasteiger partial charge in [0.15, 0.2) is 0 Å². The molecule has 0 radical (unpaired) electrons. The minimum atomic E-state index is -0.329. The highest BCUT2D eigenvalue weighted by atomic mass is 16.5. The van der Waals surface area contributed by atoms with Crippen LogP contribution in [0.25, 0.3) is 0 Å². The second-order valence-electron chi connectivity index (χ2n) is 19.8. The number of likely N-dealkylation sites (N-methyl/N-ethyl adjacent to an activating group) is 3. The SMILES string of the molecule is CC(C)[C@H]1C(=O)N[C@H](CO)Cc2ccc(O)cc2N1C.CCCC.CCCOc1ccc2c(c1)N(C)[C@@H](C(C)C)C(=O)N[C@H](CO)C2.CCCOc1ccc2c(c1)N(C)[C@@H](C(C)C)C(=O)N[C@H](CO)C2. The molecule has 0 unspecified atom stereocenters. The molecule has 3 aliphatic rings. The van der Waals surface area contributed by atoms with Gasteiger partial charge in [-0.15, -0.1) is 0 Å². The number of aliphatic hydroxyl groups excluding tert-OH is 3. The van der Waals surface area contributed by atoms with E-state index in [9.17, 15) is 34.8 Å². The summed E-state index contributed by atoms with van der Waals surface area (Å²) < 4.78 is 11.5. The number of fused-ring (bicyclic) bond motifs is 3. The number of phenolic OH excluding ortho intramolecular Hbond substituents is 1. The molecule has 6 atom stereocenters. The van der Waals surface area contributed by atoms with Gasteiger partial charge in [-0.05, 0) is 84.7 Å². The first-order valence-electron chi connectivity index (χ1n) is 25.6. The largest absolute Gasteiger partial charge is 0.508 e. The molecule has 70 heavy (non-hydrogen) atoms. The zero-order valence-electron chi connectivity index (χ0n) is 44.5. The Bertz CT molecular complexity index is 1980. The van der Waals surface area contributed by atoms with Crippen LogP contribution in [0.4, 0.5) is 17.1 Å². The van der Waals surface area contributed by atoms with Gasteiger partial charge in [-0.25, -0.2) is 0 Å². The maximum absolute atomic E-state index is 12.6. The lowest BCUT2D eigenvalue weighted by molar-refractivity contribution is -0.125. The highest BCUT2D eigenvalue weighted by molar-refractivity contribution is 5.88. The van der Waals surface area contributed by atoms with Crippen LogP contribution >= 0.6 is 0 Å². The minimum absolute atomic E-state index is 0.0351. The number of nitrogens with zero attached hydrogens (tertiary/aromatic N) is 3. The van der Waals surface area contributed by atoms with Crippen LogP contribution in [-0.4, -0.2) is 129 Å². The number of amides is 3. The molecule has 6 rings (SSSR count). The molecular weight excluding hydrogens is 889 g/mol. The molecule has 0 saturated heterocycles. The lowest BCUT2D eigenvalue weighted by Crippen LogP contribution is -2.54. The van der Waals surface area contributed by atoms with Crippen LogP contribution in [0.3, 0.4) is 0 Å². The molecule has 392 valence electrons. The quantitative estimate of drug-likeness (QED) is 0.0968. The van der Waals surface area contributed by atoms with Crippen LogP contribution in [0.2, 0.25) is 0 Å². The Kier molecular flexibility index (Phi) is 24.6. The van der Waals surface area contributed by atoms with Crippen LogP contribution < -0.4 is 40.1 Å².